The van der Waals surface area contributed by atoms with Gasteiger partial charge in [0.05, 0.1) is 7.11 Å². The van der Waals surface area contributed by atoms with Crippen molar-refractivity contribution in [3.05, 3.63) is 23.9 Å². The van der Waals surface area contributed by atoms with E-state index in [2.05, 4.69) is 29.1 Å². The molecule has 0 rings (SSSR count). The first-order valence-corrected chi connectivity index (χ1v) is 8.23. The number of methoxy groups -OCH3 is 1. The van der Waals surface area contributed by atoms with Gasteiger partial charge in [0.15, 0.2) is 0 Å². The fourth-order valence-electron chi connectivity index (χ4n) is 1.78. The number of hydrogen-bond donors (Lipinski definition) is 1. The first kappa shape index (κ1) is 21.2. The maximum absolute atomic E-state index is 11.7. The van der Waals surface area contributed by atoms with E-state index >= 15 is 0 Å². The number of allylic oxidation sites excluding steroid dienone is 3. The van der Waals surface area contributed by atoms with Crippen LogP contribution in [0.2, 0.25) is 0 Å². The second-order valence-electron chi connectivity index (χ2n) is 6.28. The average molecular weight is 325 g/mol. The number of carbonyl (C=O) groups excluding carboxylic acids is 2. The largest absolute Gasteiger partial charge is 0.464 e. The molecule has 0 saturated heterocycles. The standard InChI is InChI=1S/C18H31NO4/c1-6-7-8-9-10-11-12-13-14-15(16(20)22-5)19-17(21)23-18(2,3)4/h10-11,14H,6-9,12-13H2,1-5H3,(H,19,21). The quantitative estimate of drug-likeness (QED) is 0.294. The third-order valence-corrected chi connectivity index (χ3v) is 2.86. The smallest absolute Gasteiger partial charge is 0.412 e. The molecule has 0 bridgehead atoms. The van der Waals surface area contributed by atoms with Crippen LogP contribution in [0.1, 0.15) is 66.2 Å². The van der Waals surface area contributed by atoms with Crippen molar-refractivity contribution in [2.45, 2.75) is 71.8 Å². The number of alkyl carbamates (subject to hydrolysis) is 1. The van der Waals surface area contributed by atoms with Crippen LogP contribution < -0.4 is 5.32 Å². The highest BCUT2D eigenvalue weighted by molar-refractivity contribution is 5.92. The lowest BCUT2D eigenvalue weighted by Crippen LogP contribution is -2.34. The molecular weight excluding hydrogens is 294 g/mol. The summed E-state index contributed by atoms with van der Waals surface area (Å²) in [6.45, 7) is 7.47. The van der Waals surface area contributed by atoms with Crippen molar-refractivity contribution in [2.75, 3.05) is 7.11 Å². The van der Waals surface area contributed by atoms with Crippen molar-refractivity contribution in [1.82, 2.24) is 5.32 Å². The Morgan fingerprint density at radius 2 is 1.70 bits per heavy atom. The molecule has 1 N–H and O–H groups in total. The van der Waals surface area contributed by atoms with Gasteiger partial charge in [0.2, 0.25) is 0 Å². The van der Waals surface area contributed by atoms with Gasteiger partial charge in [-0.25, -0.2) is 9.59 Å². The monoisotopic (exact) mass is 325 g/mol. The van der Waals surface area contributed by atoms with E-state index in [0.717, 1.165) is 12.8 Å². The van der Waals surface area contributed by atoms with E-state index in [1.807, 2.05) is 0 Å². The molecule has 132 valence electrons. The Labute approximate surface area is 140 Å². The number of unbranched alkanes of at least 4 members (excludes halogenated alkanes) is 4. The average Bonchev–Trinajstić information content (AvgIpc) is 2.46. The van der Waals surface area contributed by atoms with E-state index in [4.69, 9.17) is 4.74 Å². The molecule has 0 heterocycles. The highest BCUT2D eigenvalue weighted by Gasteiger charge is 2.19. The maximum Gasteiger partial charge on any atom is 0.412 e. The highest BCUT2D eigenvalue weighted by atomic mass is 16.6. The van der Waals surface area contributed by atoms with Gasteiger partial charge in [0, 0.05) is 0 Å². The van der Waals surface area contributed by atoms with E-state index in [9.17, 15) is 9.59 Å². The summed E-state index contributed by atoms with van der Waals surface area (Å²) < 4.78 is 9.80. The Balaban J connectivity index is 4.38. The van der Waals surface area contributed by atoms with Crippen LogP contribution >= 0.6 is 0 Å². The molecule has 0 aliphatic carbocycles. The van der Waals surface area contributed by atoms with Gasteiger partial charge in [-0.1, -0.05) is 38.0 Å². The SMILES string of the molecule is CCCCCC=CCCC=C(NC(=O)OC(C)(C)C)C(=O)OC. The first-order valence-electron chi connectivity index (χ1n) is 8.23. The van der Waals surface area contributed by atoms with E-state index in [1.165, 1.54) is 26.4 Å². The van der Waals surface area contributed by atoms with Gasteiger partial charge < -0.3 is 9.47 Å². The normalized spacial score (nSPS) is 12.3. The lowest BCUT2D eigenvalue weighted by Gasteiger charge is -2.20. The van der Waals surface area contributed by atoms with Crippen LogP contribution in [0.15, 0.2) is 23.9 Å². The molecule has 23 heavy (non-hydrogen) atoms. The molecule has 0 aliphatic rings. The summed E-state index contributed by atoms with van der Waals surface area (Å²) in [5, 5.41) is 2.44. The zero-order chi connectivity index (χ0) is 17.7. The molecule has 0 unspecified atom stereocenters. The summed E-state index contributed by atoms with van der Waals surface area (Å²) in [6, 6.07) is 0. The maximum atomic E-state index is 11.7. The van der Waals surface area contributed by atoms with Crippen LogP contribution in [0.25, 0.3) is 0 Å². The number of ether oxygens (including phenoxy) is 2. The van der Waals surface area contributed by atoms with Crippen LogP contribution in [0.3, 0.4) is 0 Å². The lowest BCUT2D eigenvalue weighted by molar-refractivity contribution is -0.136. The van der Waals surface area contributed by atoms with Gasteiger partial charge in [-0.3, -0.25) is 5.32 Å². The summed E-state index contributed by atoms with van der Waals surface area (Å²) in [5.41, 5.74) is -0.506. The van der Waals surface area contributed by atoms with Gasteiger partial charge in [-0.15, -0.1) is 0 Å². The van der Waals surface area contributed by atoms with Crippen molar-refractivity contribution >= 4 is 12.1 Å². The minimum absolute atomic E-state index is 0.112. The molecule has 0 aromatic rings. The molecule has 5 nitrogen and oxygen atoms in total. The van der Waals surface area contributed by atoms with Gasteiger partial charge >= 0.3 is 12.1 Å². The molecular formula is C18H31NO4. The topological polar surface area (TPSA) is 64.6 Å². The van der Waals surface area contributed by atoms with Crippen LogP contribution in [0.5, 0.6) is 0 Å². The van der Waals surface area contributed by atoms with Crippen molar-refractivity contribution in [2.24, 2.45) is 0 Å². The summed E-state index contributed by atoms with van der Waals surface area (Å²) in [6.07, 6.45) is 11.4. The number of carbonyl (C=O) groups is 2. The van der Waals surface area contributed by atoms with Gasteiger partial charge in [-0.05, 0) is 46.5 Å². The summed E-state index contributed by atoms with van der Waals surface area (Å²) in [4.78, 5) is 23.4. The molecule has 0 aliphatic heterocycles. The molecule has 5 heteroatoms. The number of amides is 1. The number of nitrogens with one attached hydrogen (secondary N) is 1. The van der Waals surface area contributed by atoms with Crippen LogP contribution in [0, 0.1) is 0 Å². The molecule has 0 spiro atoms. The summed E-state index contributed by atoms with van der Waals surface area (Å²) >= 11 is 0. The van der Waals surface area contributed by atoms with E-state index in [1.54, 1.807) is 26.8 Å². The first-order chi connectivity index (χ1) is 10.8. The van der Waals surface area contributed by atoms with E-state index in [-0.39, 0.29) is 5.70 Å². The zero-order valence-electron chi connectivity index (χ0n) is 15.1. The Kier molecular flexibility index (Phi) is 10.8. The van der Waals surface area contributed by atoms with Crippen molar-refractivity contribution in [3.8, 4) is 0 Å². The van der Waals surface area contributed by atoms with Crippen molar-refractivity contribution < 1.29 is 19.1 Å². The van der Waals surface area contributed by atoms with Crippen molar-refractivity contribution in [1.29, 1.82) is 0 Å². The lowest BCUT2D eigenvalue weighted by atomic mass is 10.2. The predicted molar refractivity (Wildman–Crippen MR) is 92.0 cm³/mol. The molecule has 1 amide bonds. The predicted octanol–water partition coefficient (Wildman–Crippen LogP) is 4.48. The van der Waals surface area contributed by atoms with Crippen molar-refractivity contribution in [3.63, 3.8) is 0 Å². The second-order valence-corrected chi connectivity index (χ2v) is 6.28. The Morgan fingerprint density at radius 1 is 1.04 bits per heavy atom. The minimum Gasteiger partial charge on any atom is -0.464 e. The van der Waals surface area contributed by atoms with Gasteiger partial charge in [0.25, 0.3) is 0 Å². The molecule has 0 atom stereocenters. The number of esters is 1. The van der Waals surface area contributed by atoms with Crippen LogP contribution in [-0.2, 0) is 14.3 Å². The number of rotatable bonds is 9. The van der Waals surface area contributed by atoms with Gasteiger partial charge in [0.1, 0.15) is 11.3 Å². The Bertz CT molecular complexity index is 419. The third kappa shape index (κ3) is 12.4. The fraction of sp³-hybridized carbons (Fsp3) is 0.667. The molecule has 0 fully saturated rings. The van der Waals surface area contributed by atoms with Gasteiger partial charge in [-0.2, -0.15) is 0 Å². The van der Waals surface area contributed by atoms with Crippen LogP contribution in [-0.4, -0.2) is 24.8 Å². The van der Waals surface area contributed by atoms with E-state index in [0.29, 0.717) is 6.42 Å². The summed E-state index contributed by atoms with van der Waals surface area (Å²) in [7, 11) is 1.28. The van der Waals surface area contributed by atoms with Crippen LogP contribution in [0.4, 0.5) is 4.79 Å². The molecule has 0 saturated carbocycles. The summed E-state index contributed by atoms with van der Waals surface area (Å²) in [5.74, 6) is -0.581. The molecule has 0 aromatic heterocycles. The highest BCUT2D eigenvalue weighted by Crippen LogP contribution is 2.08. The molecule has 0 radical (unpaired) electrons. The number of hydrogen-bond acceptors (Lipinski definition) is 4. The zero-order valence-corrected chi connectivity index (χ0v) is 15.1. The Hall–Kier alpha value is -1.78. The molecule has 0 aromatic carbocycles. The second kappa shape index (κ2) is 11.7. The Morgan fingerprint density at radius 3 is 2.26 bits per heavy atom. The minimum atomic E-state index is -0.663. The van der Waals surface area contributed by atoms with E-state index < -0.39 is 17.7 Å². The fourth-order valence-corrected chi connectivity index (χ4v) is 1.78. The third-order valence-electron chi connectivity index (χ3n) is 2.86.